The molecule has 106 valence electrons. The first-order chi connectivity index (χ1) is 9.33. The summed E-state index contributed by atoms with van der Waals surface area (Å²) >= 11 is 0. The van der Waals surface area contributed by atoms with E-state index >= 15 is 0 Å². The van der Waals surface area contributed by atoms with Crippen LogP contribution in [0.4, 0.5) is 0 Å². The Morgan fingerprint density at radius 2 is 2.21 bits per heavy atom. The minimum atomic E-state index is 0.795. The van der Waals surface area contributed by atoms with Crippen molar-refractivity contribution >= 4 is 0 Å². The van der Waals surface area contributed by atoms with E-state index in [1.807, 2.05) is 6.07 Å². The van der Waals surface area contributed by atoms with E-state index in [0.29, 0.717) is 0 Å². The van der Waals surface area contributed by atoms with Gasteiger partial charge < -0.3 is 10.1 Å². The Hall–Kier alpha value is -1.06. The average molecular weight is 262 g/mol. The number of hydrogen-bond donors (Lipinski definition) is 1. The first kappa shape index (κ1) is 14.4. The van der Waals surface area contributed by atoms with Crippen LogP contribution < -0.4 is 10.1 Å². The quantitative estimate of drug-likeness (QED) is 0.852. The van der Waals surface area contributed by atoms with E-state index in [1.54, 1.807) is 7.11 Å². The molecule has 3 heteroatoms. The van der Waals surface area contributed by atoms with Crippen LogP contribution in [0.5, 0.6) is 5.75 Å². The summed E-state index contributed by atoms with van der Waals surface area (Å²) in [5, 5.41) is 3.47. The fraction of sp³-hybridized carbons (Fsp3) is 0.625. The lowest BCUT2D eigenvalue weighted by Gasteiger charge is -2.33. The van der Waals surface area contributed by atoms with Crippen molar-refractivity contribution in [3.63, 3.8) is 0 Å². The summed E-state index contributed by atoms with van der Waals surface area (Å²) in [6, 6.07) is 8.35. The number of benzene rings is 1. The Morgan fingerprint density at radius 3 is 3.00 bits per heavy atom. The maximum Gasteiger partial charge on any atom is 0.123 e. The molecule has 1 N–H and O–H groups in total. The summed E-state index contributed by atoms with van der Waals surface area (Å²) in [5.74, 6) is 1.81. The van der Waals surface area contributed by atoms with E-state index in [9.17, 15) is 0 Å². The average Bonchev–Trinajstić information content (AvgIpc) is 2.46. The van der Waals surface area contributed by atoms with Gasteiger partial charge in [0.05, 0.1) is 7.11 Å². The smallest absolute Gasteiger partial charge is 0.123 e. The summed E-state index contributed by atoms with van der Waals surface area (Å²) in [6.07, 6.45) is 2.67. The highest BCUT2D eigenvalue weighted by Gasteiger charge is 2.20. The molecule has 1 aliphatic rings. The zero-order chi connectivity index (χ0) is 13.5. The van der Waals surface area contributed by atoms with Crippen LogP contribution in [-0.2, 0) is 6.54 Å². The van der Waals surface area contributed by atoms with Gasteiger partial charge in [-0.3, -0.25) is 4.90 Å². The van der Waals surface area contributed by atoms with Crippen LogP contribution >= 0.6 is 0 Å². The third-order valence-electron chi connectivity index (χ3n) is 3.87. The van der Waals surface area contributed by atoms with E-state index in [-0.39, 0.29) is 0 Å². The summed E-state index contributed by atoms with van der Waals surface area (Å²) in [5.41, 5.74) is 1.30. The second-order valence-corrected chi connectivity index (χ2v) is 5.36. The van der Waals surface area contributed by atoms with Gasteiger partial charge in [-0.05, 0) is 44.5 Å². The summed E-state index contributed by atoms with van der Waals surface area (Å²) in [6.45, 7) is 7.82. The molecular weight excluding hydrogens is 236 g/mol. The molecule has 1 saturated heterocycles. The highest BCUT2D eigenvalue weighted by atomic mass is 16.5. The standard InChI is InChI=1S/C16H26N2O/c1-3-17-11-14-7-6-10-18(12-14)13-15-8-4-5-9-16(15)19-2/h4-5,8-9,14,17H,3,6-7,10-13H2,1-2H3. The van der Waals surface area contributed by atoms with Crippen molar-refractivity contribution in [1.82, 2.24) is 10.2 Å². The predicted octanol–water partition coefficient (Wildman–Crippen LogP) is 2.52. The van der Waals surface area contributed by atoms with Crippen molar-refractivity contribution in [3.05, 3.63) is 29.8 Å². The second kappa shape index (κ2) is 7.51. The molecule has 0 amide bonds. The van der Waals surface area contributed by atoms with Gasteiger partial charge in [-0.1, -0.05) is 25.1 Å². The molecule has 1 aromatic carbocycles. The minimum absolute atomic E-state index is 0.795. The zero-order valence-corrected chi connectivity index (χ0v) is 12.2. The molecule has 1 atom stereocenters. The number of nitrogens with zero attached hydrogens (tertiary/aromatic N) is 1. The molecule has 0 radical (unpaired) electrons. The summed E-state index contributed by atoms with van der Waals surface area (Å²) in [4.78, 5) is 2.56. The number of likely N-dealkylation sites (tertiary alicyclic amines) is 1. The molecule has 0 spiro atoms. The third kappa shape index (κ3) is 4.22. The second-order valence-electron chi connectivity index (χ2n) is 5.36. The van der Waals surface area contributed by atoms with Crippen LogP contribution in [0.3, 0.4) is 0 Å². The number of para-hydroxylation sites is 1. The first-order valence-corrected chi connectivity index (χ1v) is 7.38. The topological polar surface area (TPSA) is 24.5 Å². The van der Waals surface area contributed by atoms with Crippen LogP contribution in [0, 0.1) is 5.92 Å². The summed E-state index contributed by atoms with van der Waals surface area (Å²) < 4.78 is 5.44. The Kier molecular flexibility index (Phi) is 5.67. The fourth-order valence-corrected chi connectivity index (χ4v) is 2.88. The lowest BCUT2D eigenvalue weighted by Crippen LogP contribution is -2.39. The zero-order valence-electron chi connectivity index (χ0n) is 12.2. The van der Waals surface area contributed by atoms with Gasteiger partial charge in [-0.2, -0.15) is 0 Å². The van der Waals surface area contributed by atoms with Gasteiger partial charge >= 0.3 is 0 Å². The van der Waals surface area contributed by atoms with Gasteiger partial charge in [-0.15, -0.1) is 0 Å². The minimum Gasteiger partial charge on any atom is -0.496 e. The number of rotatable bonds is 6. The lowest BCUT2D eigenvalue weighted by atomic mass is 9.97. The van der Waals surface area contributed by atoms with E-state index in [0.717, 1.165) is 31.3 Å². The van der Waals surface area contributed by atoms with Crippen LogP contribution in [-0.4, -0.2) is 38.2 Å². The Balaban J connectivity index is 1.91. The van der Waals surface area contributed by atoms with E-state index in [4.69, 9.17) is 4.74 Å². The van der Waals surface area contributed by atoms with Gasteiger partial charge in [0, 0.05) is 18.7 Å². The van der Waals surface area contributed by atoms with Crippen molar-refractivity contribution in [2.45, 2.75) is 26.3 Å². The van der Waals surface area contributed by atoms with Gasteiger partial charge in [0.1, 0.15) is 5.75 Å². The third-order valence-corrected chi connectivity index (χ3v) is 3.87. The van der Waals surface area contributed by atoms with Gasteiger partial charge in [-0.25, -0.2) is 0 Å². The van der Waals surface area contributed by atoms with Crippen LogP contribution in [0.15, 0.2) is 24.3 Å². The normalized spacial score (nSPS) is 20.4. The highest BCUT2D eigenvalue weighted by molar-refractivity contribution is 5.33. The van der Waals surface area contributed by atoms with Crippen LogP contribution in [0.2, 0.25) is 0 Å². The van der Waals surface area contributed by atoms with Crippen molar-refractivity contribution < 1.29 is 4.74 Å². The van der Waals surface area contributed by atoms with Crippen LogP contribution in [0.25, 0.3) is 0 Å². The molecule has 0 bridgehead atoms. The molecule has 0 saturated carbocycles. The fourth-order valence-electron chi connectivity index (χ4n) is 2.88. The molecule has 1 fully saturated rings. The van der Waals surface area contributed by atoms with Gasteiger partial charge in [0.25, 0.3) is 0 Å². The van der Waals surface area contributed by atoms with Crippen molar-refractivity contribution in [3.8, 4) is 5.75 Å². The van der Waals surface area contributed by atoms with Crippen molar-refractivity contribution in [2.75, 3.05) is 33.3 Å². The number of hydrogen-bond acceptors (Lipinski definition) is 3. The molecular formula is C16H26N2O. The van der Waals surface area contributed by atoms with Crippen molar-refractivity contribution in [1.29, 1.82) is 0 Å². The predicted molar refractivity (Wildman–Crippen MR) is 79.5 cm³/mol. The highest BCUT2D eigenvalue weighted by Crippen LogP contribution is 2.23. The Morgan fingerprint density at radius 1 is 1.37 bits per heavy atom. The molecule has 1 aliphatic heterocycles. The van der Waals surface area contributed by atoms with Gasteiger partial charge in [0.15, 0.2) is 0 Å². The Bertz CT molecular complexity index is 381. The molecule has 1 heterocycles. The largest absolute Gasteiger partial charge is 0.496 e. The maximum atomic E-state index is 5.44. The summed E-state index contributed by atoms with van der Waals surface area (Å²) in [7, 11) is 1.75. The number of nitrogens with one attached hydrogen (secondary N) is 1. The van der Waals surface area contributed by atoms with Crippen LogP contribution in [0.1, 0.15) is 25.3 Å². The van der Waals surface area contributed by atoms with E-state index in [2.05, 4.69) is 35.3 Å². The molecule has 0 aliphatic carbocycles. The number of piperidine rings is 1. The maximum absolute atomic E-state index is 5.44. The van der Waals surface area contributed by atoms with E-state index < -0.39 is 0 Å². The lowest BCUT2D eigenvalue weighted by molar-refractivity contribution is 0.164. The number of methoxy groups -OCH3 is 1. The SMILES string of the molecule is CCNCC1CCCN(Cc2ccccc2OC)C1. The molecule has 1 unspecified atom stereocenters. The Labute approximate surface area is 116 Å². The molecule has 1 aromatic rings. The molecule has 0 aromatic heterocycles. The number of ether oxygens (including phenoxy) is 1. The first-order valence-electron chi connectivity index (χ1n) is 7.38. The molecule has 3 nitrogen and oxygen atoms in total. The van der Waals surface area contributed by atoms with E-state index in [1.165, 1.54) is 31.5 Å². The molecule has 2 rings (SSSR count). The monoisotopic (exact) mass is 262 g/mol. The molecule has 19 heavy (non-hydrogen) atoms. The van der Waals surface area contributed by atoms with Gasteiger partial charge in [0.2, 0.25) is 0 Å². The van der Waals surface area contributed by atoms with Crippen molar-refractivity contribution in [2.24, 2.45) is 5.92 Å².